The van der Waals surface area contributed by atoms with Crippen molar-refractivity contribution in [2.75, 3.05) is 12.4 Å². The van der Waals surface area contributed by atoms with Crippen LogP contribution in [0.3, 0.4) is 0 Å². The van der Waals surface area contributed by atoms with Crippen molar-refractivity contribution in [3.63, 3.8) is 0 Å². The quantitative estimate of drug-likeness (QED) is 0.432. The Hall–Kier alpha value is -2.05. The number of hydrogen-bond donors (Lipinski definition) is 0. The predicted octanol–water partition coefficient (Wildman–Crippen LogP) is 4.93. The lowest BCUT2D eigenvalue weighted by Crippen LogP contribution is -2.04. The number of rotatable bonds is 7. The van der Waals surface area contributed by atoms with Gasteiger partial charge in [0.15, 0.2) is 22.5 Å². The zero-order valence-electron chi connectivity index (χ0n) is 13.7. The molecule has 7 heteroatoms. The highest BCUT2D eigenvalue weighted by molar-refractivity contribution is 7.99. The maximum Gasteiger partial charge on any atom is 0.191 e. The molecule has 0 aliphatic rings. The Morgan fingerprint density at radius 1 is 1.12 bits per heavy atom. The van der Waals surface area contributed by atoms with Crippen LogP contribution in [0.5, 0.6) is 5.75 Å². The van der Waals surface area contributed by atoms with E-state index in [9.17, 15) is 4.39 Å². The van der Waals surface area contributed by atoms with Gasteiger partial charge >= 0.3 is 0 Å². The van der Waals surface area contributed by atoms with Crippen molar-refractivity contribution in [1.82, 2.24) is 14.8 Å². The minimum atomic E-state index is -0.353. The fourth-order valence-electron chi connectivity index (χ4n) is 2.34. The van der Waals surface area contributed by atoms with Crippen molar-refractivity contribution >= 4 is 23.4 Å². The Morgan fingerprint density at radius 3 is 2.60 bits per heavy atom. The van der Waals surface area contributed by atoms with Gasteiger partial charge in [-0.25, -0.2) is 4.39 Å². The Bertz CT molecular complexity index is 839. The summed E-state index contributed by atoms with van der Waals surface area (Å²) in [7, 11) is 0. The van der Waals surface area contributed by atoms with Gasteiger partial charge in [-0.05, 0) is 43.3 Å². The molecule has 0 amide bonds. The van der Waals surface area contributed by atoms with Gasteiger partial charge in [-0.1, -0.05) is 35.5 Å². The monoisotopic (exact) mass is 377 g/mol. The summed E-state index contributed by atoms with van der Waals surface area (Å²) in [5.41, 5.74) is 0.966. The van der Waals surface area contributed by atoms with Gasteiger partial charge in [-0.2, -0.15) is 0 Å². The molecule has 2 aromatic carbocycles. The molecule has 4 nitrogen and oxygen atoms in total. The van der Waals surface area contributed by atoms with Crippen LogP contribution < -0.4 is 4.74 Å². The molecule has 130 valence electrons. The van der Waals surface area contributed by atoms with Gasteiger partial charge in [0.2, 0.25) is 0 Å². The average molecular weight is 378 g/mol. The van der Waals surface area contributed by atoms with Crippen LogP contribution >= 0.6 is 23.4 Å². The van der Waals surface area contributed by atoms with Crippen molar-refractivity contribution in [2.45, 2.75) is 18.6 Å². The summed E-state index contributed by atoms with van der Waals surface area (Å²) < 4.78 is 21.0. The summed E-state index contributed by atoms with van der Waals surface area (Å²) in [6.07, 6.45) is 0. The summed E-state index contributed by atoms with van der Waals surface area (Å²) in [5.74, 6) is 1.36. The van der Waals surface area contributed by atoms with E-state index in [0.717, 1.165) is 23.1 Å². The third kappa shape index (κ3) is 4.32. The Kier molecular flexibility index (Phi) is 5.94. The Morgan fingerprint density at radius 2 is 1.88 bits per heavy atom. The molecule has 0 N–H and O–H groups in total. The van der Waals surface area contributed by atoms with Gasteiger partial charge < -0.3 is 9.30 Å². The van der Waals surface area contributed by atoms with Crippen molar-refractivity contribution in [1.29, 1.82) is 0 Å². The smallest absolute Gasteiger partial charge is 0.191 e. The van der Waals surface area contributed by atoms with E-state index in [-0.39, 0.29) is 11.6 Å². The van der Waals surface area contributed by atoms with E-state index in [0.29, 0.717) is 17.4 Å². The minimum Gasteiger partial charge on any atom is -0.490 e. The first kappa shape index (κ1) is 17.8. The molecule has 0 aliphatic carbocycles. The lowest BCUT2D eigenvalue weighted by atomic mass is 10.2. The third-order valence-electron chi connectivity index (χ3n) is 3.54. The lowest BCUT2D eigenvalue weighted by molar-refractivity contribution is 0.325. The number of benzene rings is 2. The van der Waals surface area contributed by atoms with Gasteiger partial charge in [-0.3, -0.25) is 0 Å². The molecule has 0 fully saturated rings. The highest BCUT2D eigenvalue weighted by Crippen LogP contribution is 2.25. The number of ether oxygens (including phenoxy) is 1. The Labute approximate surface area is 155 Å². The standard InChI is InChI=1S/C18H17ClFN3OS/c1-2-23-17(13-7-9-14(19)10-8-13)21-22-18(23)25-12-11-24-16-6-4-3-5-15(16)20/h3-10H,2,11-12H2,1H3. The number of aromatic nitrogens is 3. The normalized spacial score (nSPS) is 10.8. The highest BCUT2D eigenvalue weighted by Gasteiger charge is 2.13. The second-order valence-corrected chi connectivity index (χ2v) is 6.68. The van der Waals surface area contributed by atoms with Crippen LogP contribution in [-0.4, -0.2) is 27.1 Å². The van der Waals surface area contributed by atoms with Crippen LogP contribution in [0.15, 0.2) is 53.7 Å². The largest absolute Gasteiger partial charge is 0.490 e. The van der Waals surface area contributed by atoms with Crippen LogP contribution in [0.2, 0.25) is 5.02 Å². The van der Waals surface area contributed by atoms with Gasteiger partial charge in [-0.15, -0.1) is 10.2 Å². The number of hydrogen-bond acceptors (Lipinski definition) is 4. The molecule has 0 spiro atoms. The first-order valence-corrected chi connectivity index (χ1v) is 9.24. The molecular weight excluding hydrogens is 361 g/mol. The molecule has 0 atom stereocenters. The molecule has 0 saturated heterocycles. The van der Waals surface area contributed by atoms with E-state index >= 15 is 0 Å². The molecule has 0 radical (unpaired) electrons. The van der Waals surface area contributed by atoms with E-state index in [2.05, 4.69) is 10.2 Å². The van der Waals surface area contributed by atoms with Crippen molar-refractivity contribution in [2.24, 2.45) is 0 Å². The molecule has 1 aromatic heterocycles. The second-order valence-electron chi connectivity index (χ2n) is 5.18. The van der Waals surface area contributed by atoms with Crippen LogP contribution in [0.4, 0.5) is 4.39 Å². The first-order chi connectivity index (χ1) is 12.2. The molecule has 3 aromatic rings. The van der Waals surface area contributed by atoms with Crippen LogP contribution in [-0.2, 0) is 6.54 Å². The van der Waals surface area contributed by atoms with Crippen LogP contribution in [0.1, 0.15) is 6.92 Å². The van der Waals surface area contributed by atoms with Gasteiger partial charge in [0.25, 0.3) is 0 Å². The molecule has 0 saturated carbocycles. The zero-order valence-corrected chi connectivity index (χ0v) is 15.2. The highest BCUT2D eigenvalue weighted by atomic mass is 35.5. The summed E-state index contributed by atoms with van der Waals surface area (Å²) in [5, 5.41) is 10.0. The van der Waals surface area contributed by atoms with Crippen molar-refractivity contribution < 1.29 is 9.13 Å². The number of para-hydroxylation sites is 1. The minimum absolute atomic E-state index is 0.266. The van der Waals surface area contributed by atoms with E-state index in [1.165, 1.54) is 17.8 Å². The number of nitrogens with zero attached hydrogens (tertiary/aromatic N) is 3. The predicted molar refractivity (Wildman–Crippen MR) is 98.8 cm³/mol. The topological polar surface area (TPSA) is 39.9 Å². The SMILES string of the molecule is CCn1c(SCCOc2ccccc2F)nnc1-c1ccc(Cl)cc1. The molecule has 0 unspecified atom stereocenters. The third-order valence-corrected chi connectivity index (χ3v) is 4.73. The summed E-state index contributed by atoms with van der Waals surface area (Å²) in [4.78, 5) is 0. The fraction of sp³-hybridized carbons (Fsp3) is 0.222. The van der Waals surface area contributed by atoms with E-state index in [4.69, 9.17) is 16.3 Å². The van der Waals surface area contributed by atoms with Gasteiger partial charge in [0, 0.05) is 22.9 Å². The molecular formula is C18H17ClFN3OS. The maximum atomic E-state index is 13.5. The van der Waals surface area contributed by atoms with Gasteiger partial charge in [0.1, 0.15) is 0 Å². The zero-order chi connectivity index (χ0) is 17.6. The average Bonchev–Trinajstić information content (AvgIpc) is 3.03. The Balaban J connectivity index is 1.63. The summed E-state index contributed by atoms with van der Waals surface area (Å²) in [6.45, 7) is 3.18. The molecule has 0 aliphatic heterocycles. The molecule has 0 bridgehead atoms. The van der Waals surface area contributed by atoms with Gasteiger partial charge in [0.05, 0.1) is 6.61 Å². The lowest BCUT2D eigenvalue weighted by Gasteiger charge is -2.08. The van der Waals surface area contributed by atoms with Crippen LogP contribution in [0.25, 0.3) is 11.4 Å². The fourth-order valence-corrected chi connectivity index (χ4v) is 3.28. The summed E-state index contributed by atoms with van der Waals surface area (Å²) >= 11 is 7.47. The second kappa shape index (κ2) is 8.36. The van der Waals surface area contributed by atoms with Crippen molar-refractivity contribution in [3.05, 3.63) is 59.4 Å². The molecule has 1 heterocycles. The van der Waals surface area contributed by atoms with E-state index in [1.54, 1.807) is 18.2 Å². The number of thioether (sulfide) groups is 1. The first-order valence-electron chi connectivity index (χ1n) is 7.88. The van der Waals surface area contributed by atoms with E-state index in [1.807, 2.05) is 35.8 Å². The summed E-state index contributed by atoms with van der Waals surface area (Å²) in [6, 6.07) is 13.9. The maximum absolute atomic E-state index is 13.5. The van der Waals surface area contributed by atoms with Crippen LogP contribution in [0, 0.1) is 5.82 Å². The molecule has 25 heavy (non-hydrogen) atoms. The number of halogens is 2. The van der Waals surface area contributed by atoms with Crippen molar-refractivity contribution in [3.8, 4) is 17.1 Å². The molecule has 3 rings (SSSR count). The van der Waals surface area contributed by atoms with E-state index < -0.39 is 0 Å².